The molecule has 1 amide bonds. The van der Waals surface area contributed by atoms with Crippen molar-refractivity contribution in [3.63, 3.8) is 0 Å². The zero-order chi connectivity index (χ0) is 21.7. The number of anilines is 1. The van der Waals surface area contributed by atoms with E-state index in [0.717, 1.165) is 6.07 Å². The van der Waals surface area contributed by atoms with Crippen molar-refractivity contribution in [1.82, 2.24) is 0 Å². The number of nitrogens with zero attached hydrogens (tertiary/aromatic N) is 1. The number of nitro benzene ring substituents is 1. The average molecular weight is 428 g/mol. The van der Waals surface area contributed by atoms with Crippen LogP contribution >= 0.6 is 0 Å². The number of carbonyl (C=O) groups is 1. The first-order valence-electron chi connectivity index (χ1n) is 8.53. The third kappa shape index (κ3) is 4.92. The zero-order valence-corrected chi connectivity index (χ0v) is 16.5. The summed E-state index contributed by atoms with van der Waals surface area (Å²) < 4.78 is 34.8. The van der Waals surface area contributed by atoms with Gasteiger partial charge in [-0.1, -0.05) is 12.1 Å². The Bertz CT molecular complexity index is 1190. The second-order valence-electron chi connectivity index (χ2n) is 6.00. The number of amides is 1. The monoisotopic (exact) mass is 428 g/mol. The normalized spacial score (nSPS) is 10.8. The van der Waals surface area contributed by atoms with Crippen molar-refractivity contribution >= 4 is 27.4 Å². The summed E-state index contributed by atoms with van der Waals surface area (Å²) in [6.07, 6.45) is 0. The lowest BCUT2D eigenvalue weighted by Gasteiger charge is -2.09. The quantitative estimate of drug-likeness (QED) is 0.346. The van der Waals surface area contributed by atoms with Gasteiger partial charge in [-0.05, 0) is 42.5 Å². The summed E-state index contributed by atoms with van der Waals surface area (Å²) in [6, 6.07) is 16.8. The van der Waals surface area contributed by atoms with Gasteiger partial charge in [-0.15, -0.1) is 0 Å². The van der Waals surface area contributed by atoms with Crippen LogP contribution in [0.5, 0.6) is 11.5 Å². The molecule has 0 unspecified atom stereocenters. The van der Waals surface area contributed by atoms with Gasteiger partial charge in [0, 0.05) is 29.4 Å². The third-order valence-electron chi connectivity index (χ3n) is 3.97. The largest absolute Gasteiger partial charge is 0.497 e. The number of hydrogen-bond acceptors (Lipinski definition) is 7. The maximum Gasteiger partial charge on any atom is 0.339 e. The molecule has 0 heterocycles. The van der Waals surface area contributed by atoms with Gasteiger partial charge in [0.15, 0.2) is 0 Å². The van der Waals surface area contributed by atoms with Crippen LogP contribution in [0.1, 0.15) is 10.4 Å². The van der Waals surface area contributed by atoms with Crippen molar-refractivity contribution in [3.8, 4) is 11.5 Å². The molecule has 30 heavy (non-hydrogen) atoms. The molecule has 0 fully saturated rings. The molecule has 0 saturated carbocycles. The molecule has 0 saturated heterocycles. The summed E-state index contributed by atoms with van der Waals surface area (Å²) in [4.78, 5) is 22.1. The van der Waals surface area contributed by atoms with Crippen LogP contribution < -0.4 is 14.2 Å². The summed E-state index contributed by atoms with van der Waals surface area (Å²) in [5.74, 6) is 0.138. The van der Waals surface area contributed by atoms with Gasteiger partial charge in [-0.3, -0.25) is 14.9 Å². The molecule has 0 atom stereocenters. The van der Waals surface area contributed by atoms with Crippen LogP contribution in [0.2, 0.25) is 0 Å². The van der Waals surface area contributed by atoms with E-state index in [1.165, 1.54) is 49.6 Å². The molecular formula is C20H16N2O7S. The third-order valence-corrected chi connectivity index (χ3v) is 5.21. The number of carbonyl (C=O) groups excluding carboxylic acids is 1. The van der Waals surface area contributed by atoms with Crippen molar-refractivity contribution in [2.24, 2.45) is 0 Å². The molecule has 0 aliphatic carbocycles. The van der Waals surface area contributed by atoms with Gasteiger partial charge in [0.2, 0.25) is 0 Å². The van der Waals surface area contributed by atoms with Crippen molar-refractivity contribution < 1.29 is 27.1 Å². The fourth-order valence-electron chi connectivity index (χ4n) is 2.49. The van der Waals surface area contributed by atoms with Crippen LogP contribution in [-0.2, 0) is 10.1 Å². The Morgan fingerprint density at radius 3 is 2.33 bits per heavy atom. The van der Waals surface area contributed by atoms with E-state index >= 15 is 0 Å². The number of rotatable bonds is 7. The predicted molar refractivity (Wildman–Crippen MR) is 108 cm³/mol. The smallest absolute Gasteiger partial charge is 0.339 e. The van der Waals surface area contributed by atoms with Crippen LogP contribution in [-0.4, -0.2) is 26.4 Å². The minimum atomic E-state index is -4.28. The molecule has 0 aromatic heterocycles. The Morgan fingerprint density at radius 2 is 1.67 bits per heavy atom. The van der Waals surface area contributed by atoms with E-state index < -0.39 is 20.9 Å². The van der Waals surface area contributed by atoms with E-state index in [2.05, 4.69) is 5.32 Å². The summed E-state index contributed by atoms with van der Waals surface area (Å²) in [6.45, 7) is 0. The number of hydrogen-bond donors (Lipinski definition) is 1. The predicted octanol–water partition coefficient (Wildman–Crippen LogP) is 3.62. The van der Waals surface area contributed by atoms with Crippen LogP contribution in [0.25, 0.3) is 0 Å². The molecule has 3 aromatic rings. The molecule has 1 N–H and O–H groups in total. The maximum absolute atomic E-state index is 12.4. The van der Waals surface area contributed by atoms with Crippen LogP contribution in [0.4, 0.5) is 11.4 Å². The molecule has 0 aliphatic rings. The van der Waals surface area contributed by atoms with E-state index in [1.54, 1.807) is 24.3 Å². The standard InChI is InChI=1S/C20H16N2O7S/c1-28-18-6-2-4-15(12-18)21-20(23)14-8-10-17(11-9-14)29-30(26,27)19-7-3-5-16(13-19)22(24)25/h2-13H,1H3,(H,21,23). The summed E-state index contributed by atoms with van der Waals surface area (Å²) in [5.41, 5.74) is 0.440. The number of benzene rings is 3. The minimum Gasteiger partial charge on any atom is -0.497 e. The summed E-state index contributed by atoms with van der Waals surface area (Å²) in [7, 11) is -2.76. The van der Waals surface area contributed by atoms with Crippen LogP contribution in [0, 0.1) is 10.1 Å². The molecule has 154 valence electrons. The zero-order valence-electron chi connectivity index (χ0n) is 15.6. The Labute approximate surface area is 172 Å². The van der Waals surface area contributed by atoms with Gasteiger partial charge in [0.1, 0.15) is 16.4 Å². The van der Waals surface area contributed by atoms with Gasteiger partial charge in [-0.25, -0.2) is 0 Å². The highest BCUT2D eigenvalue weighted by Crippen LogP contribution is 2.23. The molecule has 3 rings (SSSR count). The highest BCUT2D eigenvalue weighted by Gasteiger charge is 2.20. The van der Waals surface area contributed by atoms with Gasteiger partial charge < -0.3 is 14.2 Å². The Morgan fingerprint density at radius 1 is 0.967 bits per heavy atom. The Kier molecular flexibility index (Phi) is 5.98. The van der Waals surface area contributed by atoms with Crippen LogP contribution in [0.3, 0.4) is 0 Å². The average Bonchev–Trinajstić information content (AvgIpc) is 2.74. The summed E-state index contributed by atoms with van der Waals surface area (Å²) in [5, 5.41) is 13.5. The van der Waals surface area contributed by atoms with Crippen molar-refractivity contribution in [2.75, 3.05) is 12.4 Å². The van der Waals surface area contributed by atoms with E-state index in [-0.39, 0.29) is 21.9 Å². The molecule has 10 heteroatoms. The molecule has 3 aromatic carbocycles. The lowest BCUT2D eigenvalue weighted by Crippen LogP contribution is -2.12. The molecule has 0 bridgehead atoms. The highest BCUT2D eigenvalue weighted by molar-refractivity contribution is 7.87. The number of ether oxygens (including phenoxy) is 1. The number of nitro groups is 1. The van der Waals surface area contributed by atoms with Crippen LogP contribution in [0.15, 0.2) is 77.7 Å². The molecule has 0 radical (unpaired) electrons. The lowest BCUT2D eigenvalue weighted by molar-refractivity contribution is -0.385. The first-order valence-corrected chi connectivity index (χ1v) is 9.94. The Balaban J connectivity index is 1.72. The fraction of sp³-hybridized carbons (Fsp3) is 0.0500. The van der Waals surface area contributed by atoms with Gasteiger partial charge in [-0.2, -0.15) is 8.42 Å². The van der Waals surface area contributed by atoms with E-state index in [9.17, 15) is 23.3 Å². The topological polar surface area (TPSA) is 125 Å². The van der Waals surface area contributed by atoms with Gasteiger partial charge >= 0.3 is 10.1 Å². The van der Waals surface area contributed by atoms with Gasteiger partial charge in [0.25, 0.3) is 11.6 Å². The molecule has 0 aliphatic heterocycles. The maximum atomic E-state index is 12.4. The Hall–Kier alpha value is -3.92. The second kappa shape index (κ2) is 8.62. The molecule has 9 nitrogen and oxygen atoms in total. The first kappa shape index (κ1) is 20.8. The fourth-order valence-corrected chi connectivity index (χ4v) is 3.46. The minimum absolute atomic E-state index is 0.0422. The van der Waals surface area contributed by atoms with E-state index in [4.69, 9.17) is 8.92 Å². The van der Waals surface area contributed by atoms with Crippen molar-refractivity contribution in [1.29, 1.82) is 0 Å². The number of nitrogens with one attached hydrogen (secondary N) is 1. The number of non-ortho nitro benzene ring substituents is 1. The number of methoxy groups -OCH3 is 1. The van der Waals surface area contributed by atoms with Crippen molar-refractivity contribution in [2.45, 2.75) is 4.90 Å². The lowest BCUT2D eigenvalue weighted by atomic mass is 10.2. The highest BCUT2D eigenvalue weighted by atomic mass is 32.2. The van der Waals surface area contributed by atoms with E-state index in [1.807, 2.05) is 0 Å². The molecule has 0 spiro atoms. The first-order chi connectivity index (χ1) is 14.3. The van der Waals surface area contributed by atoms with Gasteiger partial charge in [0.05, 0.1) is 12.0 Å². The second-order valence-corrected chi connectivity index (χ2v) is 7.55. The molecular weight excluding hydrogens is 412 g/mol. The summed E-state index contributed by atoms with van der Waals surface area (Å²) >= 11 is 0. The van der Waals surface area contributed by atoms with E-state index in [0.29, 0.717) is 11.4 Å². The van der Waals surface area contributed by atoms with Crippen molar-refractivity contribution in [3.05, 3.63) is 88.5 Å². The SMILES string of the molecule is COc1cccc(NC(=O)c2ccc(OS(=O)(=O)c3cccc([N+](=O)[O-])c3)cc2)c1.